The number of hydrogen-bond donors (Lipinski definition) is 1. The number of benzene rings is 1. The zero-order valence-corrected chi connectivity index (χ0v) is 20.1. The Morgan fingerprint density at radius 2 is 1.97 bits per heavy atom. The Kier molecular flexibility index (Phi) is 6.36. The molecule has 8 heteroatoms. The number of halogens is 1. The first-order valence-corrected chi connectivity index (χ1v) is 12.6. The summed E-state index contributed by atoms with van der Waals surface area (Å²) in [5.41, 5.74) is 3.80. The fourth-order valence-corrected chi connectivity index (χ4v) is 5.99. The quantitative estimate of drug-likeness (QED) is 0.511. The average molecular weight is 484 g/mol. The van der Waals surface area contributed by atoms with Crippen molar-refractivity contribution in [2.75, 3.05) is 13.1 Å². The van der Waals surface area contributed by atoms with Crippen molar-refractivity contribution in [3.63, 3.8) is 0 Å². The number of carbonyl (C=O) groups excluding carboxylic acids is 2. The number of hydrogen-bond acceptors (Lipinski definition) is 6. The molecule has 1 N–H and O–H groups in total. The highest BCUT2D eigenvalue weighted by atomic mass is 35.5. The summed E-state index contributed by atoms with van der Waals surface area (Å²) < 4.78 is 7.59. The molecule has 5 rings (SSSR count). The molecule has 2 fully saturated rings. The summed E-state index contributed by atoms with van der Waals surface area (Å²) in [4.78, 5) is 31.0. The van der Waals surface area contributed by atoms with E-state index in [0.717, 1.165) is 69.9 Å². The van der Waals surface area contributed by atoms with Crippen molar-refractivity contribution in [3.8, 4) is 16.9 Å². The smallest absolute Gasteiger partial charge is 0.230 e. The maximum absolute atomic E-state index is 12.1. The molecule has 2 amide bonds. The molecule has 6 nitrogen and oxygen atoms in total. The van der Waals surface area contributed by atoms with Gasteiger partial charge in [0, 0.05) is 40.1 Å². The molecule has 0 bridgehead atoms. The van der Waals surface area contributed by atoms with Gasteiger partial charge in [0.05, 0.1) is 16.8 Å². The fraction of sp³-hybridized carbons (Fsp3) is 0.400. The fourth-order valence-electron chi connectivity index (χ4n) is 4.59. The first kappa shape index (κ1) is 22.3. The van der Waals surface area contributed by atoms with Crippen LogP contribution in [0.25, 0.3) is 21.3 Å². The van der Waals surface area contributed by atoms with E-state index in [-0.39, 0.29) is 17.9 Å². The number of imide groups is 1. The summed E-state index contributed by atoms with van der Waals surface area (Å²) in [7, 11) is 0. The van der Waals surface area contributed by atoms with Gasteiger partial charge in [-0.3, -0.25) is 19.5 Å². The van der Waals surface area contributed by atoms with E-state index in [1.54, 1.807) is 17.5 Å². The van der Waals surface area contributed by atoms with Gasteiger partial charge in [-0.05, 0) is 69.1 Å². The van der Waals surface area contributed by atoms with Gasteiger partial charge < -0.3 is 10.1 Å². The van der Waals surface area contributed by atoms with Crippen LogP contribution < -0.4 is 10.1 Å². The summed E-state index contributed by atoms with van der Waals surface area (Å²) in [6, 6.07) is 7.86. The largest absolute Gasteiger partial charge is 0.489 e. The molecule has 33 heavy (non-hydrogen) atoms. The Hall–Kier alpha value is -2.48. The topological polar surface area (TPSA) is 71.5 Å². The Morgan fingerprint density at radius 3 is 2.79 bits per heavy atom. The van der Waals surface area contributed by atoms with Crippen LogP contribution in [-0.2, 0) is 16.1 Å². The van der Waals surface area contributed by atoms with Gasteiger partial charge in [-0.2, -0.15) is 0 Å². The van der Waals surface area contributed by atoms with Gasteiger partial charge in [0.15, 0.2) is 0 Å². The van der Waals surface area contributed by atoms with Gasteiger partial charge in [-0.1, -0.05) is 11.6 Å². The number of carbonyl (C=O) groups is 2. The molecular weight excluding hydrogens is 458 g/mol. The number of nitrogens with one attached hydrogen (secondary N) is 1. The van der Waals surface area contributed by atoms with Crippen LogP contribution in [0.3, 0.4) is 0 Å². The van der Waals surface area contributed by atoms with Crippen LogP contribution in [0.1, 0.15) is 42.5 Å². The van der Waals surface area contributed by atoms with E-state index in [0.29, 0.717) is 24.4 Å². The van der Waals surface area contributed by atoms with Crippen molar-refractivity contribution in [2.24, 2.45) is 0 Å². The number of pyridine rings is 1. The normalized spacial score (nSPS) is 19.3. The highest BCUT2D eigenvalue weighted by Gasteiger charge is 2.29. The molecule has 3 aromatic rings. The van der Waals surface area contributed by atoms with Crippen LogP contribution >= 0.6 is 22.9 Å². The minimum Gasteiger partial charge on any atom is -0.489 e. The van der Waals surface area contributed by atoms with Crippen LogP contribution in [0.15, 0.2) is 30.5 Å². The lowest BCUT2D eigenvalue weighted by Crippen LogP contribution is -2.27. The molecule has 2 aliphatic heterocycles. The molecule has 0 saturated carbocycles. The second-order valence-corrected chi connectivity index (χ2v) is 10.3. The molecule has 2 aliphatic rings. The molecule has 0 spiro atoms. The number of rotatable bonds is 5. The van der Waals surface area contributed by atoms with Crippen LogP contribution in [0.4, 0.5) is 0 Å². The molecule has 4 heterocycles. The van der Waals surface area contributed by atoms with Crippen molar-refractivity contribution in [3.05, 3.63) is 45.9 Å². The molecule has 1 atom stereocenters. The van der Waals surface area contributed by atoms with Crippen LogP contribution in [0.5, 0.6) is 5.75 Å². The van der Waals surface area contributed by atoms with E-state index in [4.69, 9.17) is 16.3 Å². The third-order valence-corrected chi connectivity index (χ3v) is 7.63. The number of likely N-dealkylation sites (tertiary alicyclic amines) is 1. The summed E-state index contributed by atoms with van der Waals surface area (Å²) in [5.74, 6) is 0.646. The van der Waals surface area contributed by atoms with E-state index in [1.807, 2.05) is 31.2 Å². The molecule has 172 valence electrons. The Balaban J connectivity index is 1.54. The molecule has 0 aliphatic carbocycles. The zero-order valence-electron chi connectivity index (χ0n) is 18.5. The maximum atomic E-state index is 12.1. The number of nitrogens with zero attached hydrogens (tertiary/aromatic N) is 2. The van der Waals surface area contributed by atoms with E-state index in [9.17, 15) is 9.59 Å². The predicted octanol–water partition coefficient (Wildman–Crippen LogP) is 5.10. The number of aromatic nitrogens is 1. The first-order chi connectivity index (χ1) is 16.0. The lowest BCUT2D eigenvalue weighted by atomic mass is 10.0. The van der Waals surface area contributed by atoms with Crippen LogP contribution in [-0.4, -0.2) is 40.9 Å². The summed E-state index contributed by atoms with van der Waals surface area (Å²) in [5, 5.41) is 4.10. The van der Waals surface area contributed by atoms with Gasteiger partial charge in [-0.25, -0.2) is 0 Å². The summed E-state index contributed by atoms with van der Waals surface area (Å²) >= 11 is 8.05. The number of amides is 2. The van der Waals surface area contributed by atoms with Gasteiger partial charge in [0.1, 0.15) is 11.9 Å². The van der Waals surface area contributed by atoms with E-state index < -0.39 is 0 Å². The van der Waals surface area contributed by atoms with Crippen molar-refractivity contribution < 1.29 is 14.3 Å². The molecule has 0 radical (unpaired) electrons. The Labute approximate surface area is 201 Å². The predicted molar refractivity (Wildman–Crippen MR) is 131 cm³/mol. The van der Waals surface area contributed by atoms with Gasteiger partial charge in [0.25, 0.3) is 0 Å². The number of thiophene rings is 1. The van der Waals surface area contributed by atoms with Crippen molar-refractivity contribution >= 4 is 45.0 Å². The first-order valence-electron chi connectivity index (χ1n) is 11.4. The third-order valence-electron chi connectivity index (χ3n) is 6.27. The van der Waals surface area contributed by atoms with Gasteiger partial charge >= 0.3 is 0 Å². The number of ether oxygens (including phenoxy) is 1. The lowest BCUT2D eigenvalue weighted by molar-refractivity contribution is -0.138. The molecule has 2 aromatic heterocycles. The van der Waals surface area contributed by atoms with Gasteiger partial charge in [-0.15, -0.1) is 11.3 Å². The molecule has 1 aromatic carbocycles. The summed E-state index contributed by atoms with van der Waals surface area (Å²) in [6.45, 7) is 4.30. The van der Waals surface area contributed by atoms with Crippen LogP contribution in [0, 0.1) is 6.92 Å². The molecule has 0 unspecified atom stereocenters. The highest BCUT2D eigenvalue weighted by Crippen LogP contribution is 2.42. The Bertz CT molecular complexity index is 1200. The monoisotopic (exact) mass is 483 g/mol. The number of fused-ring (bicyclic) bond motifs is 1. The summed E-state index contributed by atoms with van der Waals surface area (Å²) in [6.07, 6.45) is 5.61. The second kappa shape index (κ2) is 9.41. The minimum atomic E-state index is -0.107. The number of aryl methyl sites for hydroxylation is 1. The van der Waals surface area contributed by atoms with E-state index in [2.05, 4.69) is 10.3 Å². The highest BCUT2D eigenvalue weighted by molar-refractivity contribution is 7.19. The molecule has 2 saturated heterocycles. The second-order valence-electron chi connectivity index (χ2n) is 8.68. The third kappa shape index (κ3) is 4.63. The van der Waals surface area contributed by atoms with Crippen LogP contribution in [0.2, 0.25) is 5.02 Å². The Morgan fingerprint density at radius 1 is 1.15 bits per heavy atom. The maximum Gasteiger partial charge on any atom is 0.230 e. The van der Waals surface area contributed by atoms with E-state index >= 15 is 0 Å². The van der Waals surface area contributed by atoms with Crippen molar-refractivity contribution in [2.45, 2.75) is 51.7 Å². The van der Waals surface area contributed by atoms with Gasteiger partial charge in [0.2, 0.25) is 11.8 Å². The van der Waals surface area contributed by atoms with Crippen molar-refractivity contribution in [1.82, 2.24) is 15.2 Å². The standard InChI is InChI=1S/C25H26ClN3O3S/c1-15-11-16(26)12-20(24(15)32-17-3-2-8-27-9-6-17)19-7-10-28-21-13-18(33-25(19)21)14-29-22(30)4-5-23(29)31/h7,10-13,17,27H,2-6,8-9,14H2,1H3/t17-/m1/s1. The van der Waals surface area contributed by atoms with E-state index in [1.165, 1.54) is 4.90 Å². The zero-order chi connectivity index (χ0) is 22.9. The van der Waals surface area contributed by atoms with Crippen molar-refractivity contribution in [1.29, 1.82) is 0 Å². The average Bonchev–Trinajstić information content (AvgIpc) is 3.22. The molecular formula is C25H26ClN3O3S. The minimum absolute atomic E-state index is 0.107. The SMILES string of the molecule is Cc1cc(Cl)cc(-c2ccnc3cc(CN4C(=O)CCC4=O)sc23)c1O[C@@H]1CCCNCC1. The lowest BCUT2D eigenvalue weighted by Gasteiger charge is -2.22.